The minimum absolute atomic E-state index is 0.180. The lowest BCUT2D eigenvalue weighted by molar-refractivity contribution is 0.288. The molecule has 1 heterocycles. The monoisotopic (exact) mass is 241 g/mol. The maximum atomic E-state index is 9.19. The Kier molecular flexibility index (Phi) is 5.42. The summed E-state index contributed by atoms with van der Waals surface area (Å²) in [6.45, 7) is 2.25. The first-order valence-corrected chi connectivity index (χ1v) is 6.54. The van der Waals surface area contributed by atoms with Crippen molar-refractivity contribution in [2.24, 2.45) is 0 Å². The third-order valence-corrected chi connectivity index (χ3v) is 3.61. The number of pyridine rings is 1. The van der Waals surface area contributed by atoms with Crippen molar-refractivity contribution in [3.05, 3.63) is 18.3 Å². The van der Waals surface area contributed by atoms with E-state index in [1.54, 1.807) is 18.0 Å². The van der Waals surface area contributed by atoms with Crippen molar-refractivity contribution >= 4 is 23.3 Å². The summed E-state index contributed by atoms with van der Waals surface area (Å²) < 4.78 is 0. The van der Waals surface area contributed by atoms with E-state index in [0.29, 0.717) is 0 Å². The lowest BCUT2D eigenvalue weighted by Gasteiger charge is -2.22. The molecule has 0 aliphatic rings. The number of thioether (sulfide) groups is 1. The van der Waals surface area contributed by atoms with Gasteiger partial charge >= 0.3 is 0 Å². The Morgan fingerprint density at radius 3 is 2.88 bits per heavy atom. The van der Waals surface area contributed by atoms with Gasteiger partial charge in [-0.2, -0.15) is 11.8 Å². The minimum atomic E-state index is 0.180. The standard InChI is InChI=1S/C11H19N3OS/c1-8(10(7-15)16-3)14-9-4-5-13-11(6-9)12-2/h4-6,8,10,15H,7H2,1-3H3,(H2,12,13,14). The minimum Gasteiger partial charge on any atom is -0.395 e. The van der Waals surface area contributed by atoms with Crippen molar-refractivity contribution in [3.8, 4) is 0 Å². The molecule has 0 amide bonds. The molecule has 2 atom stereocenters. The SMILES string of the molecule is CNc1cc(NC(C)C(CO)SC)ccn1. The van der Waals surface area contributed by atoms with Gasteiger partial charge in [-0.3, -0.25) is 0 Å². The van der Waals surface area contributed by atoms with E-state index in [4.69, 9.17) is 0 Å². The molecule has 0 saturated carbocycles. The molecule has 4 nitrogen and oxygen atoms in total. The molecule has 1 rings (SSSR count). The summed E-state index contributed by atoms with van der Waals surface area (Å²) in [5.41, 5.74) is 1.01. The van der Waals surface area contributed by atoms with Crippen LogP contribution in [0.1, 0.15) is 6.92 Å². The number of hydrogen-bond donors (Lipinski definition) is 3. The van der Waals surface area contributed by atoms with Gasteiger partial charge < -0.3 is 15.7 Å². The molecule has 90 valence electrons. The number of nitrogens with one attached hydrogen (secondary N) is 2. The quantitative estimate of drug-likeness (QED) is 0.707. The Morgan fingerprint density at radius 2 is 2.31 bits per heavy atom. The first kappa shape index (κ1) is 13.1. The lowest BCUT2D eigenvalue weighted by atomic mass is 10.2. The van der Waals surface area contributed by atoms with Crippen LogP contribution in [0.2, 0.25) is 0 Å². The van der Waals surface area contributed by atoms with Crippen molar-refractivity contribution in [2.45, 2.75) is 18.2 Å². The maximum Gasteiger partial charge on any atom is 0.127 e. The fourth-order valence-corrected chi connectivity index (χ4v) is 2.08. The van der Waals surface area contributed by atoms with Gasteiger partial charge in [0.05, 0.1) is 6.61 Å². The van der Waals surface area contributed by atoms with Crippen LogP contribution in [0, 0.1) is 0 Å². The molecular weight excluding hydrogens is 222 g/mol. The zero-order chi connectivity index (χ0) is 12.0. The van der Waals surface area contributed by atoms with Gasteiger partial charge in [0.25, 0.3) is 0 Å². The van der Waals surface area contributed by atoms with Crippen LogP contribution >= 0.6 is 11.8 Å². The molecule has 3 N–H and O–H groups in total. The Labute approximate surface area is 101 Å². The molecule has 0 saturated heterocycles. The molecule has 0 aliphatic carbocycles. The van der Waals surface area contributed by atoms with Gasteiger partial charge in [-0.25, -0.2) is 4.98 Å². The van der Waals surface area contributed by atoms with Crippen LogP contribution in [-0.2, 0) is 0 Å². The van der Waals surface area contributed by atoms with Crippen molar-refractivity contribution in [1.82, 2.24) is 4.98 Å². The van der Waals surface area contributed by atoms with E-state index in [2.05, 4.69) is 22.5 Å². The predicted octanol–water partition coefficient (Wildman–Crippen LogP) is 1.65. The molecule has 0 bridgehead atoms. The van der Waals surface area contributed by atoms with E-state index in [1.165, 1.54) is 0 Å². The van der Waals surface area contributed by atoms with Gasteiger partial charge in [-0.15, -0.1) is 0 Å². The molecule has 0 aliphatic heterocycles. The largest absolute Gasteiger partial charge is 0.395 e. The van der Waals surface area contributed by atoms with Gasteiger partial charge in [-0.1, -0.05) is 0 Å². The highest BCUT2D eigenvalue weighted by Crippen LogP contribution is 2.17. The summed E-state index contributed by atoms with van der Waals surface area (Å²) in [6.07, 6.45) is 3.76. The summed E-state index contributed by atoms with van der Waals surface area (Å²) in [4.78, 5) is 4.14. The van der Waals surface area contributed by atoms with Crippen molar-refractivity contribution in [3.63, 3.8) is 0 Å². The third kappa shape index (κ3) is 3.57. The second-order valence-electron chi connectivity index (χ2n) is 3.57. The van der Waals surface area contributed by atoms with Crippen LogP contribution in [0.4, 0.5) is 11.5 Å². The molecule has 2 unspecified atom stereocenters. The molecule has 0 radical (unpaired) electrons. The summed E-state index contributed by atoms with van der Waals surface area (Å²) in [7, 11) is 1.84. The van der Waals surface area contributed by atoms with Crippen LogP contribution in [0.3, 0.4) is 0 Å². The van der Waals surface area contributed by atoms with Crippen LogP contribution in [-0.4, -0.2) is 41.3 Å². The Balaban J connectivity index is 2.64. The molecule has 5 heteroatoms. The van der Waals surface area contributed by atoms with Gasteiger partial charge in [0, 0.05) is 36.3 Å². The molecular formula is C11H19N3OS. The van der Waals surface area contributed by atoms with Gasteiger partial charge in [-0.05, 0) is 19.2 Å². The van der Waals surface area contributed by atoms with Crippen molar-refractivity contribution in [1.29, 1.82) is 0 Å². The summed E-state index contributed by atoms with van der Waals surface area (Å²) in [5.74, 6) is 0.835. The van der Waals surface area contributed by atoms with E-state index < -0.39 is 0 Å². The normalized spacial score (nSPS) is 14.2. The first-order chi connectivity index (χ1) is 7.71. The number of nitrogens with zero attached hydrogens (tertiary/aromatic N) is 1. The van der Waals surface area contributed by atoms with Crippen LogP contribution in [0.15, 0.2) is 18.3 Å². The van der Waals surface area contributed by atoms with E-state index >= 15 is 0 Å². The highest BCUT2D eigenvalue weighted by molar-refractivity contribution is 7.99. The molecule has 1 aromatic rings. The number of aliphatic hydroxyl groups is 1. The van der Waals surface area contributed by atoms with Crippen LogP contribution in [0.25, 0.3) is 0 Å². The van der Waals surface area contributed by atoms with E-state index in [9.17, 15) is 5.11 Å². The third-order valence-electron chi connectivity index (χ3n) is 2.45. The number of aliphatic hydroxyl groups excluding tert-OH is 1. The lowest BCUT2D eigenvalue weighted by Crippen LogP contribution is -2.30. The zero-order valence-corrected chi connectivity index (χ0v) is 10.7. The number of hydrogen-bond acceptors (Lipinski definition) is 5. The van der Waals surface area contributed by atoms with Crippen molar-refractivity contribution < 1.29 is 5.11 Å². The molecule has 0 fully saturated rings. The Morgan fingerprint density at radius 1 is 1.56 bits per heavy atom. The van der Waals surface area contributed by atoms with E-state index in [-0.39, 0.29) is 17.9 Å². The van der Waals surface area contributed by atoms with Gasteiger partial charge in [0.2, 0.25) is 0 Å². The van der Waals surface area contributed by atoms with Crippen LogP contribution in [0.5, 0.6) is 0 Å². The molecule has 0 aromatic carbocycles. The fourth-order valence-electron chi connectivity index (χ4n) is 1.45. The maximum absolute atomic E-state index is 9.19. The molecule has 16 heavy (non-hydrogen) atoms. The first-order valence-electron chi connectivity index (χ1n) is 5.25. The highest BCUT2D eigenvalue weighted by Gasteiger charge is 2.14. The Hall–Kier alpha value is -0.940. The number of anilines is 2. The number of aromatic nitrogens is 1. The second kappa shape index (κ2) is 6.60. The number of rotatable bonds is 6. The molecule has 0 spiro atoms. The van der Waals surface area contributed by atoms with Gasteiger partial charge in [0.15, 0.2) is 0 Å². The van der Waals surface area contributed by atoms with Crippen LogP contribution < -0.4 is 10.6 Å². The summed E-state index contributed by atoms with van der Waals surface area (Å²) in [6, 6.07) is 4.09. The van der Waals surface area contributed by atoms with Gasteiger partial charge in [0.1, 0.15) is 5.82 Å². The average molecular weight is 241 g/mol. The second-order valence-corrected chi connectivity index (χ2v) is 4.65. The highest BCUT2D eigenvalue weighted by atomic mass is 32.2. The van der Waals surface area contributed by atoms with E-state index in [0.717, 1.165) is 11.5 Å². The zero-order valence-electron chi connectivity index (χ0n) is 9.90. The smallest absolute Gasteiger partial charge is 0.127 e. The predicted molar refractivity (Wildman–Crippen MR) is 71.3 cm³/mol. The van der Waals surface area contributed by atoms with Crippen molar-refractivity contribution in [2.75, 3.05) is 30.5 Å². The topological polar surface area (TPSA) is 57.2 Å². The molecule has 1 aromatic heterocycles. The Bertz CT molecular complexity index is 318. The average Bonchev–Trinajstić information content (AvgIpc) is 2.31. The fraction of sp³-hybridized carbons (Fsp3) is 0.545. The summed E-state index contributed by atoms with van der Waals surface area (Å²) in [5, 5.41) is 15.7. The summed E-state index contributed by atoms with van der Waals surface area (Å²) >= 11 is 1.66. The van der Waals surface area contributed by atoms with E-state index in [1.807, 2.05) is 25.4 Å².